The number of hydrogen-bond acceptors (Lipinski definition) is 9. The van der Waals surface area contributed by atoms with Crippen molar-refractivity contribution in [1.82, 2.24) is 19.9 Å². The van der Waals surface area contributed by atoms with Gasteiger partial charge in [-0.3, -0.25) is 15.1 Å². The summed E-state index contributed by atoms with van der Waals surface area (Å²) in [5.41, 5.74) is 1.33. The van der Waals surface area contributed by atoms with Crippen molar-refractivity contribution in [3.05, 3.63) is 87.4 Å². The van der Waals surface area contributed by atoms with Crippen LogP contribution >= 0.6 is 11.6 Å². The molecule has 1 unspecified atom stereocenters. The third-order valence-corrected chi connectivity index (χ3v) is 6.79. The monoisotopic (exact) mass is 600 g/mol. The fraction of sp³-hybridized carbons (Fsp3) is 0.290. The molecule has 220 valence electrons. The molecule has 11 nitrogen and oxygen atoms in total. The van der Waals surface area contributed by atoms with Crippen molar-refractivity contribution in [1.29, 1.82) is 0 Å². The summed E-state index contributed by atoms with van der Waals surface area (Å²) in [4.78, 5) is 38.4. The zero-order valence-corrected chi connectivity index (χ0v) is 24.6. The predicted molar refractivity (Wildman–Crippen MR) is 162 cm³/mol. The van der Waals surface area contributed by atoms with Crippen LogP contribution in [0.4, 0.5) is 22.0 Å². The number of fused-ring (bicyclic) bond motifs is 1. The van der Waals surface area contributed by atoms with Gasteiger partial charge in [0.25, 0.3) is 5.69 Å². The van der Waals surface area contributed by atoms with E-state index in [2.05, 4.69) is 32.1 Å². The quantitative estimate of drug-likeness (QED) is 0.149. The van der Waals surface area contributed by atoms with E-state index in [-0.39, 0.29) is 23.8 Å². The number of nitro benzene ring substituents is 1. The fourth-order valence-corrected chi connectivity index (χ4v) is 4.70. The number of ether oxygens (including phenoxy) is 2. The Hall–Kier alpha value is -4.95. The van der Waals surface area contributed by atoms with E-state index in [0.717, 1.165) is 5.69 Å². The van der Waals surface area contributed by atoms with E-state index in [1.165, 1.54) is 12.4 Å². The van der Waals surface area contributed by atoms with E-state index in [1.807, 2.05) is 39.0 Å². The number of likely N-dealkylation sites (tertiary alicyclic amines) is 1. The lowest BCUT2D eigenvalue weighted by Crippen LogP contribution is -2.35. The van der Waals surface area contributed by atoms with Crippen LogP contribution in [0.1, 0.15) is 38.4 Å². The first-order valence-electron chi connectivity index (χ1n) is 13.6. The first-order valence-corrected chi connectivity index (χ1v) is 14.0. The maximum absolute atomic E-state index is 12.4. The number of anilines is 2. The van der Waals surface area contributed by atoms with E-state index in [4.69, 9.17) is 21.1 Å². The second-order valence-electron chi connectivity index (χ2n) is 10.9. The van der Waals surface area contributed by atoms with Crippen LogP contribution in [0.25, 0.3) is 10.9 Å². The number of aromatic nitrogens is 3. The number of benzene rings is 2. The minimum Gasteiger partial charge on any atom is -0.486 e. The Bertz CT molecular complexity index is 1730. The van der Waals surface area contributed by atoms with Crippen LogP contribution in [0.2, 0.25) is 5.02 Å². The van der Waals surface area contributed by atoms with E-state index in [1.54, 1.807) is 35.4 Å². The molecule has 2 aromatic carbocycles. The van der Waals surface area contributed by atoms with Crippen LogP contribution in [-0.4, -0.2) is 49.6 Å². The van der Waals surface area contributed by atoms with Gasteiger partial charge in [0.2, 0.25) is 0 Å². The lowest BCUT2D eigenvalue weighted by Gasteiger charge is -2.24. The van der Waals surface area contributed by atoms with Gasteiger partial charge in [0, 0.05) is 42.3 Å². The van der Waals surface area contributed by atoms with Crippen molar-refractivity contribution < 1.29 is 19.2 Å². The second kappa shape index (κ2) is 12.5. The molecule has 0 radical (unpaired) electrons. The maximum atomic E-state index is 12.4. The summed E-state index contributed by atoms with van der Waals surface area (Å²) in [6.07, 6.45) is 3.32. The summed E-state index contributed by atoms with van der Waals surface area (Å²) in [6, 6.07) is 13.7. The lowest BCUT2D eigenvalue weighted by atomic mass is 10.1. The molecule has 4 aromatic rings. The number of nitrogens with zero attached hydrogens (tertiary/aromatic N) is 5. The molecular weight excluding hydrogens is 572 g/mol. The Morgan fingerprint density at radius 1 is 1.19 bits per heavy atom. The Kier molecular flexibility index (Phi) is 8.59. The average molecular weight is 601 g/mol. The molecule has 0 aliphatic carbocycles. The van der Waals surface area contributed by atoms with E-state index < -0.39 is 16.6 Å². The van der Waals surface area contributed by atoms with Crippen molar-refractivity contribution in [2.75, 3.05) is 18.4 Å². The molecule has 12 heteroatoms. The average Bonchev–Trinajstić information content (AvgIpc) is 3.44. The molecule has 2 aromatic heterocycles. The highest BCUT2D eigenvalue weighted by Gasteiger charge is 2.29. The Morgan fingerprint density at radius 2 is 2.02 bits per heavy atom. The van der Waals surface area contributed by atoms with Gasteiger partial charge in [0.05, 0.1) is 21.2 Å². The highest BCUT2D eigenvalue weighted by atomic mass is 35.5. The van der Waals surface area contributed by atoms with Gasteiger partial charge in [-0.25, -0.2) is 14.8 Å². The zero-order chi connectivity index (χ0) is 30.6. The second-order valence-corrected chi connectivity index (χ2v) is 11.3. The number of halogens is 1. The van der Waals surface area contributed by atoms with E-state index in [0.29, 0.717) is 52.7 Å². The Balaban J connectivity index is 1.34. The summed E-state index contributed by atoms with van der Waals surface area (Å²) >= 11 is 6.46. The molecule has 5 rings (SSSR count). The number of nitrogens with one attached hydrogen (secondary N) is 1. The van der Waals surface area contributed by atoms with Crippen LogP contribution in [0.3, 0.4) is 0 Å². The van der Waals surface area contributed by atoms with Gasteiger partial charge in [0.1, 0.15) is 35.7 Å². The smallest absolute Gasteiger partial charge is 0.410 e. The SMILES string of the molecule is CC(C)(C)OC(=O)N1CCC(C#Cc2cc3ncnc(Nc4ccc(OCc5ccccn5)c(Cl)c4)c3cc2[N+](=O)[O-])C1. The number of hydrogen-bond donors (Lipinski definition) is 1. The minimum absolute atomic E-state index is 0.133. The van der Waals surface area contributed by atoms with Crippen LogP contribution in [0, 0.1) is 27.9 Å². The molecule has 3 heterocycles. The number of carbonyl (C=O) groups excluding carboxylic acids is 1. The molecule has 0 saturated carbocycles. The topological polar surface area (TPSA) is 133 Å². The number of rotatable bonds is 6. The molecule has 1 aliphatic heterocycles. The Labute approximate surface area is 253 Å². The van der Waals surface area contributed by atoms with Gasteiger partial charge in [-0.05, 0) is 63.6 Å². The summed E-state index contributed by atoms with van der Waals surface area (Å²) in [5, 5.41) is 16.0. The number of pyridine rings is 1. The van der Waals surface area contributed by atoms with Crippen molar-refractivity contribution >= 4 is 45.8 Å². The largest absolute Gasteiger partial charge is 0.486 e. The first-order chi connectivity index (χ1) is 20.6. The third-order valence-electron chi connectivity index (χ3n) is 6.50. The maximum Gasteiger partial charge on any atom is 0.410 e. The van der Waals surface area contributed by atoms with Crippen LogP contribution in [0.5, 0.6) is 5.75 Å². The Morgan fingerprint density at radius 3 is 2.74 bits per heavy atom. The molecule has 1 atom stereocenters. The fourth-order valence-electron chi connectivity index (χ4n) is 4.46. The van der Waals surface area contributed by atoms with E-state index in [9.17, 15) is 14.9 Å². The standard InChI is InChI=1S/C31H29ClN6O5/c1-31(2,3)43-30(39)37-13-11-20(17-37)7-8-21-14-26-24(16-27(21)38(40)41)29(35-19-34-26)36-22-9-10-28(25(32)15-22)42-18-23-6-4-5-12-33-23/h4-6,9-10,12,14-16,19-20H,11,13,17-18H2,1-3H3,(H,34,35,36). The molecule has 0 spiro atoms. The highest BCUT2D eigenvalue weighted by molar-refractivity contribution is 6.32. The predicted octanol–water partition coefficient (Wildman–Crippen LogP) is 6.52. The van der Waals surface area contributed by atoms with Crippen LogP contribution < -0.4 is 10.1 Å². The zero-order valence-electron chi connectivity index (χ0n) is 23.8. The molecule has 1 saturated heterocycles. The van der Waals surface area contributed by atoms with Crippen molar-refractivity contribution in [2.45, 2.75) is 39.4 Å². The number of carbonyl (C=O) groups is 1. The third kappa shape index (κ3) is 7.47. The molecule has 1 N–H and O–H groups in total. The van der Waals surface area contributed by atoms with Crippen LogP contribution in [-0.2, 0) is 11.3 Å². The van der Waals surface area contributed by atoms with Crippen molar-refractivity contribution in [3.63, 3.8) is 0 Å². The van der Waals surface area contributed by atoms with Gasteiger partial charge < -0.3 is 19.7 Å². The normalized spacial score (nSPS) is 14.6. The van der Waals surface area contributed by atoms with E-state index >= 15 is 0 Å². The first kappa shape index (κ1) is 29.5. The van der Waals surface area contributed by atoms with Gasteiger partial charge in [-0.1, -0.05) is 29.5 Å². The summed E-state index contributed by atoms with van der Waals surface area (Å²) < 4.78 is 11.2. The number of nitro groups is 1. The lowest BCUT2D eigenvalue weighted by molar-refractivity contribution is -0.385. The van der Waals surface area contributed by atoms with Crippen molar-refractivity contribution in [3.8, 4) is 17.6 Å². The molecule has 43 heavy (non-hydrogen) atoms. The number of amides is 1. The van der Waals surface area contributed by atoms with Gasteiger partial charge in [0.15, 0.2) is 0 Å². The van der Waals surface area contributed by atoms with Crippen molar-refractivity contribution in [2.24, 2.45) is 5.92 Å². The molecular formula is C31H29ClN6O5. The van der Waals surface area contributed by atoms with Gasteiger partial charge >= 0.3 is 6.09 Å². The molecule has 1 fully saturated rings. The highest BCUT2D eigenvalue weighted by Crippen LogP contribution is 2.33. The molecule has 1 aliphatic rings. The molecule has 1 amide bonds. The van der Waals surface area contributed by atoms with Crippen LogP contribution in [0.15, 0.2) is 61.1 Å². The van der Waals surface area contributed by atoms with Gasteiger partial charge in [-0.2, -0.15) is 0 Å². The van der Waals surface area contributed by atoms with Gasteiger partial charge in [-0.15, -0.1) is 0 Å². The summed E-state index contributed by atoms with van der Waals surface area (Å²) in [6.45, 7) is 6.61. The summed E-state index contributed by atoms with van der Waals surface area (Å²) in [5.74, 6) is 6.78. The summed E-state index contributed by atoms with van der Waals surface area (Å²) in [7, 11) is 0. The molecule has 0 bridgehead atoms. The minimum atomic E-state index is -0.591.